The van der Waals surface area contributed by atoms with Gasteiger partial charge in [0.25, 0.3) is 0 Å². The van der Waals surface area contributed by atoms with Crippen LogP contribution in [0.15, 0.2) is 39.3 Å². The quantitative estimate of drug-likeness (QED) is 0.584. The standard InChI is InChI=1S/C14H12Br3NO/c1-9-3-2-4-11(18-9)8-19-14-12(16)5-10(7-15)6-13(14)17/h2-6H,7-8H2,1H3. The first-order valence-corrected chi connectivity index (χ1v) is 8.40. The van der Waals surface area contributed by atoms with Gasteiger partial charge in [0.2, 0.25) is 0 Å². The Kier molecular flexibility index (Phi) is 5.42. The van der Waals surface area contributed by atoms with Gasteiger partial charge in [-0.1, -0.05) is 22.0 Å². The molecule has 0 aliphatic rings. The first kappa shape index (κ1) is 15.0. The van der Waals surface area contributed by atoms with Crippen LogP contribution in [-0.2, 0) is 11.9 Å². The highest BCUT2D eigenvalue weighted by Gasteiger charge is 2.09. The van der Waals surface area contributed by atoms with E-state index in [0.717, 1.165) is 31.4 Å². The number of hydrogen-bond donors (Lipinski definition) is 0. The highest BCUT2D eigenvalue weighted by molar-refractivity contribution is 9.11. The molecule has 0 aliphatic carbocycles. The predicted molar refractivity (Wildman–Crippen MR) is 87.8 cm³/mol. The molecule has 0 bridgehead atoms. The van der Waals surface area contributed by atoms with Crippen molar-refractivity contribution in [1.29, 1.82) is 0 Å². The number of alkyl halides is 1. The summed E-state index contributed by atoms with van der Waals surface area (Å²) in [6.07, 6.45) is 0. The molecule has 0 fully saturated rings. The summed E-state index contributed by atoms with van der Waals surface area (Å²) in [6, 6.07) is 10.00. The molecule has 2 rings (SSSR count). The van der Waals surface area contributed by atoms with E-state index in [1.807, 2.05) is 37.3 Å². The summed E-state index contributed by atoms with van der Waals surface area (Å²) in [6.45, 7) is 2.42. The molecule has 2 aromatic rings. The van der Waals surface area contributed by atoms with Crippen LogP contribution in [0.3, 0.4) is 0 Å². The van der Waals surface area contributed by atoms with E-state index < -0.39 is 0 Å². The Morgan fingerprint density at radius 2 is 1.84 bits per heavy atom. The van der Waals surface area contributed by atoms with Crippen molar-refractivity contribution < 1.29 is 4.74 Å². The molecule has 1 aromatic heterocycles. The number of nitrogens with zero attached hydrogens (tertiary/aromatic N) is 1. The zero-order valence-corrected chi connectivity index (χ0v) is 15.0. The highest BCUT2D eigenvalue weighted by Crippen LogP contribution is 2.35. The second-order valence-electron chi connectivity index (χ2n) is 4.08. The Morgan fingerprint density at radius 1 is 1.16 bits per heavy atom. The first-order chi connectivity index (χ1) is 9.10. The zero-order chi connectivity index (χ0) is 13.8. The number of pyridine rings is 1. The summed E-state index contributed by atoms with van der Waals surface area (Å²) in [5.74, 6) is 0.799. The lowest BCUT2D eigenvalue weighted by molar-refractivity contribution is 0.297. The number of aromatic nitrogens is 1. The van der Waals surface area contributed by atoms with Crippen molar-refractivity contribution in [2.75, 3.05) is 0 Å². The number of rotatable bonds is 4. The second kappa shape index (κ2) is 6.86. The molecule has 19 heavy (non-hydrogen) atoms. The van der Waals surface area contributed by atoms with Crippen LogP contribution >= 0.6 is 47.8 Å². The third kappa shape index (κ3) is 4.04. The molecule has 1 heterocycles. The van der Waals surface area contributed by atoms with Gasteiger partial charge in [0.1, 0.15) is 12.4 Å². The van der Waals surface area contributed by atoms with Crippen molar-refractivity contribution in [3.63, 3.8) is 0 Å². The summed E-state index contributed by atoms with van der Waals surface area (Å²) in [7, 11) is 0. The zero-order valence-electron chi connectivity index (χ0n) is 10.3. The van der Waals surface area contributed by atoms with Crippen LogP contribution in [0.4, 0.5) is 0 Å². The fraction of sp³-hybridized carbons (Fsp3) is 0.214. The van der Waals surface area contributed by atoms with Gasteiger partial charge >= 0.3 is 0 Å². The number of aryl methyl sites for hydroxylation is 1. The lowest BCUT2D eigenvalue weighted by Gasteiger charge is -2.11. The van der Waals surface area contributed by atoms with Crippen molar-refractivity contribution in [2.45, 2.75) is 18.9 Å². The molecule has 0 spiro atoms. The van der Waals surface area contributed by atoms with Crippen LogP contribution < -0.4 is 4.74 Å². The van der Waals surface area contributed by atoms with Gasteiger partial charge < -0.3 is 4.74 Å². The van der Waals surface area contributed by atoms with Gasteiger partial charge in [0.15, 0.2) is 0 Å². The van der Waals surface area contributed by atoms with E-state index in [1.165, 1.54) is 5.56 Å². The Hall–Kier alpha value is -0.390. The number of ether oxygens (including phenoxy) is 1. The molecule has 0 atom stereocenters. The fourth-order valence-corrected chi connectivity index (χ4v) is 3.49. The Labute approximate surface area is 138 Å². The van der Waals surface area contributed by atoms with Crippen LogP contribution in [0.25, 0.3) is 0 Å². The van der Waals surface area contributed by atoms with Crippen molar-refractivity contribution in [1.82, 2.24) is 4.98 Å². The molecule has 100 valence electrons. The molecule has 5 heteroatoms. The number of halogens is 3. The molecule has 0 radical (unpaired) electrons. The van der Waals surface area contributed by atoms with Crippen molar-refractivity contribution in [3.8, 4) is 5.75 Å². The topological polar surface area (TPSA) is 22.1 Å². The van der Waals surface area contributed by atoms with Crippen molar-refractivity contribution >= 4 is 47.8 Å². The summed E-state index contributed by atoms with van der Waals surface area (Å²) in [5, 5.41) is 0.809. The van der Waals surface area contributed by atoms with Crippen molar-refractivity contribution in [3.05, 3.63) is 56.2 Å². The lowest BCUT2D eigenvalue weighted by atomic mass is 10.2. The van der Waals surface area contributed by atoms with Gasteiger partial charge in [-0.15, -0.1) is 0 Å². The van der Waals surface area contributed by atoms with Gasteiger partial charge in [0, 0.05) is 11.0 Å². The third-order valence-corrected chi connectivity index (χ3v) is 4.35. The Balaban J connectivity index is 2.16. The van der Waals surface area contributed by atoms with E-state index >= 15 is 0 Å². The Morgan fingerprint density at radius 3 is 2.42 bits per heavy atom. The first-order valence-electron chi connectivity index (χ1n) is 5.69. The minimum Gasteiger partial charge on any atom is -0.485 e. The third-order valence-electron chi connectivity index (χ3n) is 2.52. The highest BCUT2D eigenvalue weighted by atomic mass is 79.9. The van der Waals surface area contributed by atoms with Crippen LogP contribution in [0, 0.1) is 6.92 Å². The maximum atomic E-state index is 5.84. The van der Waals surface area contributed by atoms with E-state index in [0.29, 0.717) is 6.61 Å². The molecular weight excluding hydrogens is 438 g/mol. The molecular formula is C14H12Br3NO. The van der Waals surface area contributed by atoms with Gasteiger partial charge in [-0.3, -0.25) is 4.98 Å². The van der Waals surface area contributed by atoms with Gasteiger partial charge in [-0.25, -0.2) is 0 Å². The minimum absolute atomic E-state index is 0.451. The van der Waals surface area contributed by atoms with Gasteiger partial charge in [-0.2, -0.15) is 0 Å². The maximum absolute atomic E-state index is 5.84. The predicted octanol–water partition coefficient (Wildman–Crippen LogP) is 5.39. The van der Waals surface area contributed by atoms with Crippen LogP contribution in [0.1, 0.15) is 17.0 Å². The number of benzene rings is 1. The molecule has 2 nitrogen and oxygen atoms in total. The molecule has 0 amide bonds. The fourth-order valence-electron chi connectivity index (χ4n) is 1.65. The molecule has 0 saturated heterocycles. The minimum atomic E-state index is 0.451. The van der Waals surface area contributed by atoms with E-state index in [1.54, 1.807) is 0 Å². The average Bonchev–Trinajstić information content (AvgIpc) is 2.37. The van der Waals surface area contributed by atoms with Crippen LogP contribution in [0.5, 0.6) is 5.75 Å². The van der Waals surface area contributed by atoms with Crippen LogP contribution in [0.2, 0.25) is 0 Å². The summed E-state index contributed by atoms with van der Waals surface area (Å²) >= 11 is 10.5. The smallest absolute Gasteiger partial charge is 0.148 e. The summed E-state index contributed by atoms with van der Waals surface area (Å²) in [5.41, 5.74) is 3.09. The molecule has 0 aliphatic heterocycles. The Bertz CT molecular complexity index is 564. The van der Waals surface area contributed by atoms with Crippen LogP contribution in [-0.4, -0.2) is 4.98 Å². The normalized spacial score (nSPS) is 10.5. The largest absolute Gasteiger partial charge is 0.485 e. The van der Waals surface area contributed by atoms with E-state index in [2.05, 4.69) is 52.8 Å². The molecule has 0 N–H and O–H groups in total. The van der Waals surface area contributed by atoms with Crippen molar-refractivity contribution in [2.24, 2.45) is 0 Å². The van der Waals surface area contributed by atoms with E-state index in [9.17, 15) is 0 Å². The lowest BCUT2D eigenvalue weighted by Crippen LogP contribution is -2.00. The average molecular weight is 450 g/mol. The molecule has 0 unspecified atom stereocenters. The van der Waals surface area contributed by atoms with E-state index in [4.69, 9.17) is 4.74 Å². The second-order valence-corrected chi connectivity index (χ2v) is 6.35. The van der Waals surface area contributed by atoms with Gasteiger partial charge in [0.05, 0.1) is 14.6 Å². The monoisotopic (exact) mass is 447 g/mol. The van der Waals surface area contributed by atoms with E-state index in [-0.39, 0.29) is 0 Å². The molecule has 0 saturated carbocycles. The number of hydrogen-bond acceptors (Lipinski definition) is 2. The SMILES string of the molecule is Cc1cccc(COc2c(Br)cc(CBr)cc2Br)n1. The summed E-state index contributed by atoms with van der Waals surface area (Å²) < 4.78 is 7.71. The maximum Gasteiger partial charge on any atom is 0.148 e. The molecule has 1 aromatic carbocycles. The summed E-state index contributed by atoms with van der Waals surface area (Å²) in [4.78, 5) is 4.42. The van der Waals surface area contributed by atoms with Gasteiger partial charge in [-0.05, 0) is 68.6 Å².